The van der Waals surface area contributed by atoms with E-state index in [4.69, 9.17) is 9.31 Å². The minimum atomic E-state index is -4.55. The van der Waals surface area contributed by atoms with E-state index in [1.54, 1.807) is 27.7 Å². The Balaban J connectivity index is 2.48. The van der Waals surface area contributed by atoms with Gasteiger partial charge in [-0.3, -0.25) is 0 Å². The van der Waals surface area contributed by atoms with Crippen LogP contribution < -0.4 is 10.8 Å². The van der Waals surface area contributed by atoms with Crippen LogP contribution in [0.25, 0.3) is 0 Å². The standard InChI is InChI=1S/C16H22BF4NO2/c1-13(2)14(3,4)24-17(23-13)11-9-10(7-8-12(11)18)15(5,22-6)16(19,20)21/h7-9,22H,1-6H3. The van der Waals surface area contributed by atoms with E-state index in [-0.39, 0.29) is 11.0 Å². The molecule has 1 aliphatic rings. The predicted octanol–water partition coefficient (Wildman–Crippen LogP) is 3.12. The van der Waals surface area contributed by atoms with Crippen molar-refractivity contribution in [3.05, 3.63) is 29.6 Å². The van der Waals surface area contributed by atoms with Crippen molar-refractivity contribution in [2.75, 3.05) is 7.05 Å². The summed E-state index contributed by atoms with van der Waals surface area (Å²) in [5, 5.41) is 2.28. The number of halogens is 4. The molecule has 0 bridgehead atoms. The summed E-state index contributed by atoms with van der Waals surface area (Å²) in [7, 11) is 0.148. The molecule has 0 saturated carbocycles. The molecule has 1 aromatic carbocycles. The first kappa shape index (κ1) is 19.2. The molecule has 1 N–H and O–H groups in total. The molecule has 0 spiro atoms. The molecule has 1 saturated heterocycles. The van der Waals surface area contributed by atoms with Gasteiger partial charge in [-0.25, -0.2) is 4.39 Å². The van der Waals surface area contributed by atoms with E-state index in [2.05, 4.69) is 5.32 Å². The summed E-state index contributed by atoms with van der Waals surface area (Å²) in [5.74, 6) is -0.669. The lowest BCUT2D eigenvalue weighted by Gasteiger charge is -2.32. The topological polar surface area (TPSA) is 30.5 Å². The fraction of sp³-hybridized carbons (Fsp3) is 0.625. The van der Waals surface area contributed by atoms with Gasteiger partial charge in [0.1, 0.15) is 11.4 Å². The van der Waals surface area contributed by atoms with Crippen LogP contribution in [-0.4, -0.2) is 31.5 Å². The molecule has 1 atom stereocenters. The maximum atomic E-state index is 14.3. The Morgan fingerprint density at radius 3 is 1.96 bits per heavy atom. The van der Waals surface area contributed by atoms with Crippen LogP contribution in [0, 0.1) is 5.82 Å². The van der Waals surface area contributed by atoms with Crippen LogP contribution in [0.3, 0.4) is 0 Å². The molecule has 0 aliphatic carbocycles. The first-order valence-electron chi connectivity index (χ1n) is 7.66. The van der Waals surface area contributed by atoms with Gasteiger partial charge in [-0.2, -0.15) is 13.2 Å². The third kappa shape index (κ3) is 2.95. The summed E-state index contributed by atoms with van der Waals surface area (Å²) in [6, 6.07) is 3.28. The van der Waals surface area contributed by atoms with Gasteiger partial charge in [-0.05, 0) is 53.3 Å². The SMILES string of the molecule is CNC(C)(c1ccc(F)c(B2OC(C)(C)C(C)(C)O2)c1)C(F)(F)F. The van der Waals surface area contributed by atoms with Crippen LogP contribution in [0.4, 0.5) is 17.6 Å². The van der Waals surface area contributed by atoms with Crippen molar-refractivity contribution in [3.63, 3.8) is 0 Å². The fourth-order valence-corrected chi connectivity index (χ4v) is 2.46. The van der Waals surface area contributed by atoms with Crippen LogP contribution >= 0.6 is 0 Å². The molecule has 1 fully saturated rings. The van der Waals surface area contributed by atoms with Crippen LogP contribution in [0.5, 0.6) is 0 Å². The second-order valence-electron chi connectivity index (χ2n) is 7.20. The second kappa shape index (κ2) is 5.71. The van der Waals surface area contributed by atoms with E-state index >= 15 is 0 Å². The van der Waals surface area contributed by atoms with Gasteiger partial charge in [0.2, 0.25) is 0 Å². The van der Waals surface area contributed by atoms with Gasteiger partial charge < -0.3 is 14.6 Å². The Morgan fingerprint density at radius 2 is 1.54 bits per heavy atom. The first-order valence-corrected chi connectivity index (χ1v) is 7.66. The summed E-state index contributed by atoms with van der Waals surface area (Å²) in [6.07, 6.45) is -4.55. The molecule has 1 heterocycles. The lowest BCUT2D eigenvalue weighted by Crippen LogP contribution is -2.50. The lowest BCUT2D eigenvalue weighted by atomic mass is 9.76. The summed E-state index contributed by atoms with van der Waals surface area (Å²) < 4.78 is 66.0. The van der Waals surface area contributed by atoms with E-state index < -0.39 is 35.9 Å². The Bertz CT molecular complexity index is 617. The summed E-state index contributed by atoms with van der Waals surface area (Å²) in [4.78, 5) is 0. The van der Waals surface area contributed by atoms with E-state index in [0.29, 0.717) is 0 Å². The molecule has 134 valence electrons. The fourth-order valence-electron chi connectivity index (χ4n) is 2.46. The zero-order chi connectivity index (χ0) is 18.6. The van der Waals surface area contributed by atoms with Crippen molar-refractivity contribution in [1.29, 1.82) is 0 Å². The lowest BCUT2D eigenvalue weighted by molar-refractivity contribution is -0.193. The number of nitrogens with one attached hydrogen (secondary N) is 1. The van der Waals surface area contributed by atoms with Crippen molar-refractivity contribution in [3.8, 4) is 0 Å². The molecule has 1 aromatic rings. The first-order chi connectivity index (χ1) is 10.7. The minimum Gasteiger partial charge on any atom is -0.399 e. The smallest absolute Gasteiger partial charge is 0.399 e. The van der Waals surface area contributed by atoms with E-state index in [0.717, 1.165) is 25.1 Å². The van der Waals surface area contributed by atoms with Crippen LogP contribution in [0.2, 0.25) is 0 Å². The quantitative estimate of drug-likeness (QED) is 0.673. The van der Waals surface area contributed by atoms with E-state index in [1.165, 1.54) is 7.05 Å². The molecule has 0 radical (unpaired) electrons. The van der Waals surface area contributed by atoms with Gasteiger partial charge >= 0.3 is 13.3 Å². The third-order valence-corrected chi connectivity index (χ3v) is 5.15. The van der Waals surface area contributed by atoms with Crippen molar-refractivity contribution in [1.82, 2.24) is 5.32 Å². The summed E-state index contributed by atoms with van der Waals surface area (Å²) in [5.41, 5.74) is -3.88. The molecule has 1 unspecified atom stereocenters. The zero-order valence-electron chi connectivity index (χ0n) is 14.6. The molecular formula is C16H22BF4NO2. The maximum Gasteiger partial charge on any atom is 0.497 e. The highest BCUT2D eigenvalue weighted by Crippen LogP contribution is 2.39. The molecule has 1 aliphatic heterocycles. The minimum absolute atomic E-state index is 0.0446. The van der Waals surface area contributed by atoms with Crippen molar-refractivity contribution < 1.29 is 26.9 Å². The normalized spacial score (nSPS) is 22.5. The van der Waals surface area contributed by atoms with Crippen molar-refractivity contribution in [2.45, 2.75) is 57.5 Å². The van der Waals surface area contributed by atoms with Gasteiger partial charge in [-0.15, -0.1) is 0 Å². The largest absolute Gasteiger partial charge is 0.497 e. The Hall–Kier alpha value is -1.12. The molecular weight excluding hydrogens is 325 g/mol. The zero-order valence-corrected chi connectivity index (χ0v) is 14.6. The number of rotatable bonds is 3. The molecule has 3 nitrogen and oxygen atoms in total. The molecule has 24 heavy (non-hydrogen) atoms. The van der Waals surface area contributed by atoms with Crippen LogP contribution in [0.15, 0.2) is 18.2 Å². The third-order valence-electron chi connectivity index (χ3n) is 5.15. The molecule has 8 heteroatoms. The monoisotopic (exact) mass is 347 g/mol. The van der Waals surface area contributed by atoms with E-state index in [9.17, 15) is 17.6 Å². The predicted molar refractivity (Wildman–Crippen MR) is 84.6 cm³/mol. The number of alkyl halides is 3. The van der Waals surface area contributed by atoms with Crippen molar-refractivity contribution >= 4 is 12.6 Å². The van der Waals surface area contributed by atoms with Crippen molar-refractivity contribution in [2.24, 2.45) is 0 Å². The maximum absolute atomic E-state index is 14.3. The average Bonchev–Trinajstić information content (AvgIpc) is 2.65. The Labute approximate surface area is 139 Å². The molecule has 2 rings (SSSR count). The highest BCUT2D eigenvalue weighted by atomic mass is 19.4. The van der Waals surface area contributed by atoms with E-state index in [1.807, 2.05) is 0 Å². The van der Waals surface area contributed by atoms with Gasteiger partial charge in [0, 0.05) is 5.46 Å². The highest BCUT2D eigenvalue weighted by Gasteiger charge is 2.54. The molecule has 0 aromatic heterocycles. The van der Waals surface area contributed by atoms with Gasteiger partial charge in [0.15, 0.2) is 0 Å². The average molecular weight is 347 g/mol. The molecule has 0 amide bonds. The number of hydrogen-bond acceptors (Lipinski definition) is 3. The Kier molecular flexibility index (Phi) is 4.57. The van der Waals surface area contributed by atoms with Crippen LogP contribution in [0.1, 0.15) is 40.2 Å². The number of hydrogen-bond donors (Lipinski definition) is 1. The summed E-state index contributed by atoms with van der Waals surface area (Å²) in [6.45, 7) is 8.18. The van der Waals surface area contributed by atoms with Crippen LogP contribution in [-0.2, 0) is 14.8 Å². The highest BCUT2D eigenvalue weighted by molar-refractivity contribution is 6.62. The van der Waals surface area contributed by atoms with Gasteiger partial charge in [0.25, 0.3) is 0 Å². The summed E-state index contributed by atoms with van der Waals surface area (Å²) >= 11 is 0. The van der Waals surface area contributed by atoms with Gasteiger partial charge in [0.05, 0.1) is 11.2 Å². The van der Waals surface area contributed by atoms with Gasteiger partial charge in [-0.1, -0.05) is 12.1 Å². The number of benzene rings is 1. The second-order valence-corrected chi connectivity index (χ2v) is 7.20. The Morgan fingerprint density at radius 1 is 1.04 bits per heavy atom.